The summed E-state index contributed by atoms with van der Waals surface area (Å²) < 4.78 is 74.8. The highest BCUT2D eigenvalue weighted by atomic mass is 32.2. The number of methoxy groups -OCH3 is 1. The summed E-state index contributed by atoms with van der Waals surface area (Å²) in [6.45, 7) is 0.315. The van der Waals surface area contributed by atoms with Crippen molar-refractivity contribution in [2.45, 2.75) is 31.5 Å². The van der Waals surface area contributed by atoms with E-state index in [1.54, 1.807) is 30.5 Å². The lowest BCUT2D eigenvalue weighted by Crippen LogP contribution is -2.24. The van der Waals surface area contributed by atoms with Gasteiger partial charge in [-0.1, -0.05) is 24.3 Å². The van der Waals surface area contributed by atoms with Crippen molar-refractivity contribution >= 4 is 37.6 Å². The number of hydrogen-bond acceptors (Lipinski definition) is 8. The molecule has 1 aliphatic rings. The first-order valence-corrected chi connectivity index (χ1v) is 16.5. The second-order valence-electron chi connectivity index (χ2n) is 11.6. The Morgan fingerprint density at radius 2 is 1.77 bits per heavy atom. The lowest BCUT2D eigenvalue weighted by molar-refractivity contribution is -0.140. The molecule has 0 spiro atoms. The Bertz CT molecular complexity index is 2280. The fraction of sp³-hybridized carbons (Fsp3) is 0.281. The number of anilines is 1. The minimum absolute atomic E-state index is 0.192. The average molecular weight is 663 g/mol. The summed E-state index contributed by atoms with van der Waals surface area (Å²) in [7, 11) is 1.01. The van der Waals surface area contributed by atoms with E-state index in [0.29, 0.717) is 40.7 Å². The molecular weight excluding hydrogens is 633 g/mol. The number of alkyl halides is 3. The third kappa shape index (κ3) is 5.53. The van der Waals surface area contributed by atoms with E-state index in [4.69, 9.17) is 14.7 Å². The Kier molecular flexibility index (Phi) is 7.19. The van der Waals surface area contributed by atoms with Gasteiger partial charge in [0.2, 0.25) is 15.9 Å². The van der Waals surface area contributed by atoms with Crippen LogP contribution in [0.5, 0.6) is 5.88 Å². The number of ether oxygens (including phenoxy) is 1. The van der Waals surface area contributed by atoms with Gasteiger partial charge in [0.15, 0.2) is 11.5 Å². The van der Waals surface area contributed by atoms with E-state index in [0.717, 1.165) is 52.8 Å². The number of halogens is 3. The SMILES string of the molecule is COc1ncnc(C2CC2)c1-c1ncc2c3ccc(N(C)S(C)(=O)=O)cc3n(Cc3ccc(-c4nc(C(F)(F)F)cn4C)cc3)c2n1. The normalized spacial score (nSPS) is 13.9. The van der Waals surface area contributed by atoms with E-state index in [1.165, 1.54) is 36.4 Å². The Balaban J connectivity index is 1.37. The summed E-state index contributed by atoms with van der Waals surface area (Å²) >= 11 is 0. The number of benzene rings is 2. The van der Waals surface area contributed by atoms with Crippen molar-refractivity contribution in [1.29, 1.82) is 0 Å². The van der Waals surface area contributed by atoms with Crippen molar-refractivity contribution < 1.29 is 26.3 Å². The molecule has 0 radical (unpaired) electrons. The molecule has 242 valence electrons. The molecule has 15 heteroatoms. The molecule has 11 nitrogen and oxygen atoms in total. The number of nitrogens with zero attached hydrogens (tertiary/aromatic N) is 8. The van der Waals surface area contributed by atoms with Crippen LogP contribution < -0.4 is 9.04 Å². The zero-order chi connectivity index (χ0) is 33.2. The fourth-order valence-corrected chi connectivity index (χ4v) is 6.24. The average Bonchev–Trinajstić information content (AvgIpc) is 3.75. The Labute approximate surface area is 267 Å². The van der Waals surface area contributed by atoms with Crippen molar-refractivity contribution in [2.24, 2.45) is 7.05 Å². The van der Waals surface area contributed by atoms with Gasteiger partial charge in [0.25, 0.3) is 0 Å². The smallest absolute Gasteiger partial charge is 0.434 e. The largest absolute Gasteiger partial charge is 0.480 e. The molecular formula is C32H29F3N8O3S. The summed E-state index contributed by atoms with van der Waals surface area (Å²) in [5.41, 5.74) is 3.65. The van der Waals surface area contributed by atoms with Gasteiger partial charge in [-0.05, 0) is 36.6 Å². The van der Waals surface area contributed by atoms with Crippen LogP contribution in [-0.4, -0.2) is 62.9 Å². The zero-order valence-electron chi connectivity index (χ0n) is 25.8. The van der Waals surface area contributed by atoms with Crippen LogP contribution in [0.2, 0.25) is 0 Å². The number of aryl methyl sites for hydroxylation is 1. The van der Waals surface area contributed by atoms with E-state index in [1.807, 2.05) is 22.8 Å². The molecule has 1 saturated carbocycles. The van der Waals surface area contributed by atoms with Gasteiger partial charge < -0.3 is 13.9 Å². The van der Waals surface area contributed by atoms with Crippen LogP contribution in [0.25, 0.3) is 44.7 Å². The molecule has 0 saturated heterocycles. The summed E-state index contributed by atoms with van der Waals surface area (Å²) in [5, 5.41) is 1.57. The summed E-state index contributed by atoms with van der Waals surface area (Å²) in [5.74, 6) is 1.24. The van der Waals surface area contributed by atoms with Gasteiger partial charge in [-0.3, -0.25) is 4.31 Å². The number of hydrogen-bond donors (Lipinski definition) is 0. The van der Waals surface area contributed by atoms with Crippen LogP contribution in [-0.2, 0) is 29.8 Å². The van der Waals surface area contributed by atoms with E-state index in [9.17, 15) is 21.6 Å². The van der Waals surface area contributed by atoms with E-state index in [2.05, 4.69) is 15.0 Å². The highest BCUT2D eigenvalue weighted by Gasteiger charge is 2.35. The van der Waals surface area contributed by atoms with Crippen LogP contribution in [0.4, 0.5) is 18.9 Å². The van der Waals surface area contributed by atoms with Gasteiger partial charge >= 0.3 is 6.18 Å². The summed E-state index contributed by atoms with van der Waals surface area (Å²) in [4.78, 5) is 22.4. The molecule has 6 aromatic rings. The highest BCUT2D eigenvalue weighted by molar-refractivity contribution is 7.92. The summed E-state index contributed by atoms with van der Waals surface area (Å²) in [6, 6.07) is 12.5. The molecule has 4 heterocycles. The third-order valence-corrected chi connectivity index (χ3v) is 9.60. The molecule has 0 N–H and O–H groups in total. The first kappa shape index (κ1) is 30.6. The molecule has 0 amide bonds. The number of sulfonamides is 1. The molecule has 0 unspecified atom stereocenters. The minimum atomic E-state index is -4.55. The Morgan fingerprint density at radius 1 is 1.02 bits per heavy atom. The maximum atomic E-state index is 13.3. The molecule has 2 aromatic carbocycles. The van der Waals surface area contributed by atoms with Gasteiger partial charge in [-0.2, -0.15) is 13.2 Å². The van der Waals surface area contributed by atoms with Gasteiger partial charge in [-0.25, -0.2) is 33.3 Å². The Morgan fingerprint density at radius 3 is 2.40 bits per heavy atom. The molecule has 7 rings (SSSR count). The van der Waals surface area contributed by atoms with Crippen LogP contribution in [0, 0.1) is 0 Å². The predicted octanol–water partition coefficient (Wildman–Crippen LogP) is 5.79. The predicted molar refractivity (Wildman–Crippen MR) is 171 cm³/mol. The highest BCUT2D eigenvalue weighted by Crippen LogP contribution is 2.45. The van der Waals surface area contributed by atoms with Gasteiger partial charge in [0, 0.05) is 55.3 Å². The van der Waals surface area contributed by atoms with Crippen LogP contribution in [0.3, 0.4) is 0 Å². The van der Waals surface area contributed by atoms with E-state index >= 15 is 0 Å². The molecule has 0 atom stereocenters. The van der Waals surface area contributed by atoms with Crippen LogP contribution in [0.15, 0.2) is 61.2 Å². The van der Waals surface area contributed by atoms with E-state index in [-0.39, 0.29) is 11.7 Å². The van der Waals surface area contributed by atoms with Crippen molar-refractivity contribution in [3.05, 3.63) is 78.1 Å². The van der Waals surface area contributed by atoms with Crippen molar-refractivity contribution in [2.75, 3.05) is 24.7 Å². The Hall–Kier alpha value is -5.05. The third-order valence-electron chi connectivity index (χ3n) is 8.39. The van der Waals surface area contributed by atoms with Gasteiger partial charge in [-0.15, -0.1) is 0 Å². The maximum Gasteiger partial charge on any atom is 0.434 e. The minimum Gasteiger partial charge on any atom is -0.480 e. The van der Waals surface area contributed by atoms with Crippen molar-refractivity contribution in [3.63, 3.8) is 0 Å². The van der Waals surface area contributed by atoms with Gasteiger partial charge in [0.1, 0.15) is 23.4 Å². The van der Waals surface area contributed by atoms with Crippen LogP contribution >= 0.6 is 0 Å². The number of aromatic nitrogens is 7. The van der Waals surface area contributed by atoms with Gasteiger partial charge in [0.05, 0.1) is 30.3 Å². The second-order valence-corrected chi connectivity index (χ2v) is 13.6. The first-order valence-electron chi connectivity index (χ1n) is 14.7. The van der Waals surface area contributed by atoms with E-state index < -0.39 is 21.9 Å². The molecule has 47 heavy (non-hydrogen) atoms. The first-order chi connectivity index (χ1) is 22.3. The van der Waals surface area contributed by atoms with Crippen molar-refractivity contribution in [3.8, 4) is 28.7 Å². The second kappa shape index (κ2) is 11.0. The number of imidazole rings is 1. The van der Waals surface area contributed by atoms with Crippen molar-refractivity contribution in [1.82, 2.24) is 34.1 Å². The van der Waals surface area contributed by atoms with Crippen LogP contribution in [0.1, 0.15) is 35.7 Å². The number of rotatable bonds is 8. The topological polar surface area (TPSA) is 121 Å². The standard InChI is InChI=1S/C32H29F3N8O3S/c1-41-16-25(32(33,34)35)39-29(41)20-7-5-18(6-8-20)15-43-24-13-21(42(2)47(4,44)45)11-12-22(24)23-14-36-28(40-30(23)43)26-27(19-9-10-19)37-17-38-31(26)46-3/h5-8,11-14,16-17,19H,9-10,15H2,1-4H3. The zero-order valence-corrected chi connectivity index (χ0v) is 26.6. The molecule has 4 aromatic heterocycles. The fourth-order valence-electron chi connectivity index (χ4n) is 5.75. The molecule has 1 fully saturated rings. The lowest BCUT2D eigenvalue weighted by atomic mass is 10.1. The lowest BCUT2D eigenvalue weighted by Gasteiger charge is -2.17. The molecule has 0 bridgehead atoms. The number of fused-ring (bicyclic) bond motifs is 3. The molecule has 0 aliphatic heterocycles. The summed E-state index contributed by atoms with van der Waals surface area (Å²) in [6.07, 6.45) is 2.76. The quantitative estimate of drug-likeness (QED) is 0.201. The monoisotopic (exact) mass is 662 g/mol. The maximum absolute atomic E-state index is 13.3. The molecule has 1 aliphatic carbocycles.